The SMILES string of the molecule is Cc1cccc2nc(NCC3CCCCC3CO)nn12. The summed E-state index contributed by atoms with van der Waals surface area (Å²) < 4.78 is 1.85. The molecule has 0 aliphatic heterocycles. The van der Waals surface area contributed by atoms with Gasteiger partial charge in [0.25, 0.3) is 0 Å². The molecule has 2 aromatic rings. The number of aliphatic hydroxyl groups excluding tert-OH is 1. The minimum absolute atomic E-state index is 0.296. The van der Waals surface area contributed by atoms with Gasteiger partial charge in [0.15, 0.2) is 5.65 Å². The first-order chi connectivity index (χ1) is 9.78. The summed E-state index contributed by atoms with van der Waals surface area (Å²) in [5.41, 5.74) is 1.95. The second kappa shape index (κ2) is 5.79. The Balaban J connectivity index is 1.68. The van der Waals surface area contributed by atoms with Crippen molar-refractivity contribution < 1.29 is 5.11 Å². The Labute approximate surface area is 119 Å². The first-order valence-electron chi connectivity index (χ1n) is 7.45. The number of fused-ring (bicyclic) bond motifs is 1. The zero-order valence-electron chi connectivity index (χ0n) is 11.9. The molecule has 0 aromatic carbocycles. The van der Waals surface area contributed by atoms with Gasteiger partial charge in [0.1, 0.15) is 0 Å². The lowest BCUT2D eigenvalue weighted by atomic mass is 9.80. The van der Waals surface area contributed by atoms with Crippen LogP contribution in [0.25, 0.3) is 5.65 Å². The largest absolute Gasteiger partial charge is 0.396 e. The van der Waals surface area contributed by atoms with Gasteiger partial charge < -0.3 is 10.4 Å². The molecule has 0 spiro atoms. The standard InChI is InChI=1S/C15H22N4O/c1-11-5-4-8-14-17-15(18-19(11)14)16-9-12-6-2-3-7-13(12)10-20/h4-5,8,12-13,20H,2-3,6-7,9-10H2,1H3,(H,16,18). The Morgan fingerprint density at radius 2 is 2.10 bits per heavy atom. The number of rotatable bonds is 4. The van der Waals surface area contributed by atoms with Crippen molar-refractivity contribution in [1.29, 1.82) is 0 Å². The monoisotopic (exact) mass is 274 g/mol. The van der Waals surface area contributed by atoms with Gasteiger partial charge in [0, 0.05) is 18.8 Å². The number of pyridine rings is 1. The van der Waals surface area contributed by atoms with E-state index in [0.717, 1.165) is 24.3 Å². The summed E-state index contributed by atoms with van der Waals surface area (Å²) in [6.07, 6.45) is 4.83. The molecule has 2 atom stereocenters. The van der Waals surface area contributed by atoms with Crippen LogP contribution in [-0.2, 0) is 0 Å². The third kappa shape index (κ3) is 2.63. The van der Waals surface area contributed by atoms with Crippen molar-refractivity contribution in [1.82, 2.24) is 14.6 Å². The van der Waals surface area contributed by atoms with Crippen LogP contribution in [0, 0.1) is 18.8 Å². The van der Waals surface area contributed by atoms with Crippen LogP contribution in [-0.4, -0.2) is 32.9 Å². The van der Waals surface area contributed by atoms with Gasteiger partial charge in [-0.15, -0.1) is 5.10 Å². The molecule has 5 nitrogen and oxygen atoms in total. The van der Waals surface area contributed by atoms with Crippen molar-refractivity contribution >= 4 is 11.6 Å². The quantitative estimate of drug-likeness (QED) is 0.897. The summed E-state index contributed by atoms with van der Waals surface area (Å²) in [7, 11) is 0. The van der Waals surface area contributed by atoms with Crippen LogP contribution in [0.15, 0.2) is 18.2 Å². The van der Waals surface area contributed by atoms with Crippen molar-refractivity contribution in [2.24, 2.45) is 11.8 Å². The Kier molecular flexibility index (Phi) is 3.87. The summed E-state index contributed by atoms with van der Waals surface area (Å²) in [4.78, 5) is 4.49. The molecule has 1 fully saturated rings. The van der Waals surface area contributed by atoms with E-state index in [4.69, 9.17) is 0 Å². The maximum Gasteiger partial charge on any atom is 0.243 e. The Hall–Kier alpha value is -1.62. The summed E-state index contributed by atoms with van der Waals surface area (Å²) >= 11 is 0. The zero-order valence-corrected chi connectivity index (χ0v) is 11.9. The van der Waals surface area contributed by atoms with Gasteiger partial charge in [0.05, 0.1) is 0 Å². The molecule has 20 heavy (non-hydrogen) atoms. The highest BCUT2D eigenvalue weighted by Crippen LogP contribution is 2.29. The number of nitrogens with one attached hydrogen (secondary N) is 1. The number of aryl methyl sites for hydroxylation is 1. The topological polar surface area (TPSA) is 62.5 Å². The smallest absolute Gasteiger partial charge is 0.243 e. The predicted octanol–water partition coefficient (Wildman–Crippen LogP) is 2.25. The van der Waals surface area contributed by atoms with Gasteiger partial charge in [-0.05, 0) is 43.7 Å². The molecule has 1 aliphatic rings. The average molecular weight is 274 g/mol. The van der Waals surface area contributed by atoms with E-state index in [2.05, 4.69) is 15.4 Å². The molecule has 0 saturated heterocycles. The lowest BCUT2D eigenvalue weighted by Crippen LogP contribution is -2.28. The molecule has 0 radical (unpaired) electrons. The van der Waals surface area contributed by atoms with Crippen LogP contribution < -0.4 is 5.32 Å². The van der Waals surface area contributed by atoms with Crippen molar-refractivity contribution in [2.45, 2.75) is 32.6 Å². The lowest BCUT2D eigenvalue weighted by molar-refractivity contribution is 0.141. The van der Waals surface area contributed by atoms with E-state index in [9.17, 15) is 5.11 Å². The molecule has 5 heteroatoms. The summed E-state index contributed by atoms with van der Waals surface area (Å²) in [5, 5.41) is 17.3. The molecule has 1 aliphatic carbocycles. The number of anilines is 1. The molecule has 0 bridgehead atoms. The first kappa shape index (κ1) is 13.4. The van der Waals surface area contributed by atoms with E-state index < -0.39 is 0 Å². The number of aliphatic hydroxyl groups is 1. The fourth-order valence-corrected chi connectivity index (χ4v) is 3.13. The lowest BCUT2D eigenvalue weighted by Gasteiger charge is -2.30. The molecule has 2 heterocycles. The van der Waals surface area contributed by atoms with Gasteiger partial charge in [-0.3, -0.25) is 0 Å². The highest BCUT2D eigenvalue weighted by Gasteiger charge is 2.24. The fourth-order valence-electron chi connectivity index (χ4n) is 3.13. The number of hydrogen-bond donors (Lipinski definition) is 2. The average Bonchev–Trinajstić information content (AvgIpc) is 2.90. The molecule has 2 aromatic heterocycles. The van der Waals surface area contributed by atoms with Crippen molar-refractivity contribution in [3.63, 3.8) is 0 Å². The normalized spacial score (nSPS) is 23.1. The second-order valence-electron chi connectivity index (χ2n) is 5.74. The Morgan fingerprint density at radius 3 is 2.85 bits per heavy atom. The van der Waals surface area contributed by atoms with E-state index in [0.29, 0.717) is 24.4 Å². The maximum absolute atomic E-state index is 9.45. The van der Waals surface area contributed by atoms with Gasteiger partial charge in [0.2, 0.25) is 5.95 Å². The molecule has 2 N–H and O–H groups in total. The molecular weight excluding hydrogens is 252 g/mol. The minimum Gasteiger partial charge on any atom is -0.396 e. The van der Waals surface area contributed by atoms with E-state index in [1.807, 2.05) is 29.6 Å². The first-order valence-corrected chi connectivity index (χ1v) is 7.45. The molecular formula is C15H22N4O. The number of hydrogen-bond acceptors (Lipinski definition) is 4. The van der Waals surface area contributed by atoms with Crippen LogP contribution in [0.2, 0.25) is 0 Å². The molecule has 3 rings (SSSR count). The van der Waals surface area contributed by atoms with Crippen LogP contribution in [0.1, 0.15) is 31.4 Å². The molecule has 0 amide bonds. The zero-order chi connectivity index (χ0) is 13.9. The van der Waals surface area contributed by atoms with Crippen LogP contribution in [0.4, 0.5) is 5.95 Å². The van der Waals surface area contributed by atoms with Gasteiger partial charge in [-0.25, -0.2) is 4.52 Å². The van der Waals surface area contributed by atoms with Crippen LogP contribution >= 0.6 is 0 Å². The third-order valence-electron chi connectivity index (χ3n) is 4.37. The van der Waals surface area contributed by atoms with Gasteiger partial charge >= 0.3 is 0 Å². The maximum atomic E-state index is 9.45. The number of nitrogens with zero attached hydrogens (tertiary/aromatic N) is 3. The third-order valence-corrected chi connectivity index (χ3v) is 4.37. The second-order valence-corrected chi connectivity index (χ2v) is 5.74. The van der Waals surface area contributed by atoms with Crippen molar-refractivity contribution in [2.75, 3.05) is 18.5 Å². The summed E-state index contributed by atoms with van der Waals surface area (Å²) in [5.74, 6) is 1.64. The van der Waals surface area contributed by atoms with E-state index >= 15 is 0 Å². The Bertz CT molecular complexity index is 580. The highest BCUT2D eigenvalue weighted by atomic mass is 16.3. The highest BCUT2D eigenvalue weighted by molar-refractivity contribution is 5.44. The predicted molar refractivity (Wildman–Crippen MR) is 78.7 cm³/mol. The summed E-state index contributed by atoms with van der Waals surface area (Å²) in [6.45, 7) is 3.17. The van der Waals surface area contributed by atoms with Crippen LogP contribution in [0.3, 0.4) is 0 Å². The summed E-state index contributed by atoms with van der Waals surface area (Å²) in [6, 6.07) is 5.97. The van der Waals surface area contributed by atoms with E-state index in [-0.39, 0.29) is 0 Å². The van der Waals surface area contributed by atoms with Crippen molar-refractivity contribution in [3.05, 3.63) is 23.9 Å². The molecule has 108 valence electrons. The number of aromatic nitrogens is 3. The van der Waals surface area contributed by atoms with Crippen molar-refractivity contribution in [3.8, 4) is 0 Å². The van der Waals surface area contributed by atoms with Gasteiger partial charge in [-0.1, -0.05) is 18.9 Å². The molecule has 1 saturated carbocycles. The minimum atomic E-state index is 0.296. The van der Waals surface area contributed by atoms with E-state index in [1.165, 1.54) is 19.3 Å². The van der Waals surface area contributed by atoms with E-state index in [1.54, 1.807) is 0 Å². The van der Waals surface area contributed by atoms with Gasteiger partial charge in [-0.2, -0.15) is 4.98 Å². The molecule has 2 unspecified atom stereocenters. The van der Waals surface area contributed by atoms with Crippen LogP contribution in [0.5, 0.6) is 0 Å². The fraction of sp³-hybridized carbons (Fsp3) is 0.600. The Morgan fingerprint density at radius 1 is 1.30 bits per heavy atom.